The van der Waals surface area contributed by atoms with Gasteiger partial charge in [0.1, 0.15) is 17.2 Å². The fraction of sp³-hybridized carbons (Fsp3) is 0.188. The maximum atomic E-state index is 14.0. The maximum absolute atomic E-state index is 14.0. The van der Waals surface area contributed by atoms with Crippen molar-refractivity contribution >= 4 is 16.7 Å². The SMILES string of the molecule is CC(C)n1c(-c2cccc(F)c2N)nc2c(F)cccc21. The first-order chi connectivity index (χ1) is 10.0. The van der Waals surface area contributed by atoms with E-state index in [1.165, 1.54) is 12.1 Å². The highest BCUT2D eigenvalue weighted by molar-refractivity contribution is 5.84. The van der Waals surface area contributed by atoms with Crippen LogP contribution in [-0.2, 0) is 0 Å². The van der Waals surface area contributed by atoms with Gasteiger partial charge in [0.25, 0.3) is 0 Å². The van der Waals surface area contributed by atoms with E-state index in [1.807, 2.05) is 18.4 Å². The second kappa shape index (κ2) is 4.84. The number of para-hydroxylation sites is 2. The molecule has 108 valence electrons. The van der Waals surface area contributed by atoms with Gasteiger partial charge >= 0.3 is 0 Å². The van der Waals surface area contributed by atoms with Gasteiger partial charge in [0.2, 0.25) is 0 Å². The van der Waals surface area contributed by atoms with Gasteiger partial charge in [-0.1, -0.05) is 12.1 Å². The van der Waals surface area contributed by atoms with Crippen LogP contribution in [0.3, 0.4) is 0 Å². The van der Waals surface area contributed by atoms with Gasteiger partial charge in [-0.3, -0.25) is 0 Å². The number of rotatable bonds is 2. The van der Waals surface area contributed by atoms with Crippen LogP contribution in [0, 0.1) is 11.6 Å². The zero-order chi connectivity index (χ0) is 15.1. The molecule has 1 heterocycles. The number of nitrogens with two attached hydrogens (primary N) is 1. The summed E-state index contributed by atoms with van der Waals surface area (Å²) in [6.07, 6.45) is 0. The van der Waals surface area contributed by atoms with E-state index in [4.69, 9.17) is 5.73 Å². The molecule has 0 aliphatic rings. The molecule has 0 radical (unpaired) electrons. The van der Waals surface area contributed by atoms with E-state index in [9.17, 15) is 8.78 Å². The first kappa shape index (κ1) is 13.5. The fourth-order valence-corrected chi connectivity index (χ4v) is 2.53. The van der Waals surface area contributed by atoms with Crippen molar-refractivity contribution in [2.24, 2.45) is 0 Å². The van der Waals surface area contributed by atoms with Gasteiger partial charge in [-0.2, -0.15) is 0 Å². The van der Waals surface area contributed by atoms with Crippen LogP contribution in [0.1, 0.15) is 19.9 Å². The molecule has 3 aromatic rings. The highest BCUT2D eigenvalue weighted by atomic mass is 19.1. The minimum absolute atomic E-state index is 0.0233. The average molecular weight is 287 g/mol. The number of fused-ring (bicyclic) bond motifs is 1. The number of halogens is 2. The minimum atomic E-state index is -0.504. The molecule has 2 N–H and O–H groups in total. The summed E-state index contributed by atoms with van der Waals surface area (Å²) in [7, 11) is 0. The van der Waals surface area contributed by atoms with Crippen LogP contribution in [0.25, 0.3) is 22.4 Å². The van der Waals surface area contributed by atoms with Gasteiger partial charge in [0.15, 0.2) is 5.82 Å². The zero-order valence-corrected chi connectivity index (χ0v) is 11.8. The molecule has 0 unspecified atom stereocenters. The van der Waals surface area contributed by atoms with Crippen molar-refractivity contribution in [1.82, 2.24) is 9.55 Å². The average Bonchev–Trinajstić information content (AvgIpc) is 2.82. The number of nitrogen functional groups attached to an aromatic ring is 1. The molecule has 21 heavy (non-hydrogen) atoms. The topological polar surface area (TPSA) is 43.8 Å². The third-order valence-electron chi connectivity index (χ3n) is 3.48. The first-order valence-corrected chi connectivity index (χ1v) is 6.71. The summed E-state index contributed by atoms with van der Waals surface area (Å²) in [6, 6.07) is 9.38. The summed E-state index contributed by atoms with van der Waals surface area (Å²) < 4.78 is 29.5. The number of hydrogen-bond donors (Lipinski definition) is 1. The molecule has 0 amide bonds. The lowest BCUT2D eigenvalue weighted by atomic mass is 10.1. The molecular formula is C16H15F2N3. The molecule has 0 aliphatic carbocycles. The van der Waals surface area contributed by atoms with Crippen molar-refractivity contribution in [1.29, 1.82) is 0 Å². The van der Waals surface area contributed by atoms with Crippen LogP contribution in [0.2, 0.25) is 0 Å². The van der Waals surface area contributed by atoms with E-state index in [2.05, 4.69) is 4.98 Å². The van der Waals surface area contributed by atoms with Crippen LogP contribution in [0.5, 0.6) is 0 Å². The van der Waals surface area contributed by atoms with Crippen molar-refractivity contribution in [3.05, 3.63) is 48.0 Å². The van der Waals surface area contributed by atoms with Gasteiger partial charge in [0.05, 0.1) is 11.2 Å². The van der Waals surface area contributed by atoms with E-state index in [0.29, 0.717) is 16.9 Å². The highest BCUT2D eigenvalue weighted by Gasteiger charge is 2.19. The zero-order valence-electron chi connectivity index (χ0n) is 11.8. The van der Waals surface area contributed by atoms with Crippen LogP contribution in [-0.4, -0.2) is 9.55 Å². The maximum Gasteiger partial charge on any atom is 0.151 e. The second-order valence-electron chi connectivity index (χ2n) is 5.21. The van der Waals surface area contributed by atoms with Crippen molar-refractivity contribution in [2.45, 2.75) is 19.9 Å². The fourth-order valence-electron chi connectivity index (χ4n) is 2.53. The number of anilines is 1. The van der Waals surface area contributed by atoms with Crippen molar-refractivity contribution in [2.75, 3.05) is 5.73 Å². The Bertz CT molecular complexity index is 822. The normalized spacial score (nSPS) is 11.5. The smallest absolute Gasteiger partial charge is 0.151 e. The van der Waals surface area contributed by atoms with E-state index in [0.717, 1.165) is 0 Å². The first-order valence-electron chi connectivity index (χ1n) is 6.71. The number of nitrogens with zero attached hydrogens (tertiary/aromatic N) is 2. The summed E-state index contributed by atoms with van der Waals surface area (Å²) >= 11 is 0. The summed E-state index contributed by atoms with van der Waals surface area (Å²) in [4.78, 5) is 4.35. The molecule has 0 saturated heterocycles. The van der Waals surface area contributed by atoms with Crippen LogP contribution in [0.15, 0.2) is 36.4 Å². The monoisotopic (exact) mass is 287 g/mol. The van der Waals surface area contributed by atoms with Gasteiger partial charge in [-0.15, -0.1) is 0 Å². The van der Waals surface area contributed by atoms with E-state index in [1.54, 1.807) is 24.3 Å². The molecule has 0 bridgehead atoms. The molecule has 0 aliphatic heterocycles. The number of hydrogen-bond acceptors (Lipinski definition) is 2. The Morgan fingerprint density at radius 3 is 2.43 bits per heavy atom. The largest absolute Gasteiger partial charge is 0.396 e. The quantitative estimate of drug-likeness (QED) is 0.720. The van der Waals surface area contributed by atoms with Crippen LogP contribution >= 0.6 is 0 Å². The summed E-state index contributed by atoms with van der Waals surface area (Å²) in [5.74, 6) is -0.430. The van der Waals surface area contributed by atoms with Crippen molar-refractivity contribution < 1.29 is 8.78 Å². The Balaban J connectivity index is 2.39. The molecule has 0 fully saturated rings. The lowest BCUT2D eigenvalue weighted by molar-refractivity contribution is 0.619. The predicted molar refractivity (Wildman–Crippen MR) is 79.9 cm³/mol. The lowest BCUT2D eigenvalue weighted by Gasteiger charge is -2.14. The Morgan fingerprint density at radius 1 is 1.05 bits per heavy atom. The number of imidazole rings is 1. The Morgan fingerprint density at radius 2 is 1.71 bits per heavy atom. The van der Waals surface area contributed by atoms with Gasteiger partial charge < -0.3 is 10.3 Å². The second-order valence-corrected chi connectivity index (χ2v) is 5.21. The van der Waals surface area contributed by atoms with Crippen molar-refractivity contribution in [3.8, 4) is 11.4 Å². The molecule has 5 heteroatoms. The number of aromatic nitrogens is 2. The van der Waals surface area contributed by atoms with E-state index >= 15 is 0 Å². The molecule has 3 nitrogen and oxygen atoms in total. The standard InChI is InChI=1S/C16H15F2N3/c1-9(2)21-13-8-4-7-12(18)15(13)20-16(21)10-5-3-6-11(17)14(10)19/h3-9H,19H2,1-2H3. The van der Waals surface area contributed by atoms with E-state index in [-0.39, 0.29) is 17.2 Å². The van der Waals surface area contributed by atoms with Crippen molar-refractivity contribution in [3.63, 3.8) is 0 Å². The Kier molecular flexibility index (Phi) is 3.12. The minimum Gasteiger partial charge on any atom is -0.396 e. The Labute approximate surface area is 121 Å². The summed E-state index contributed by atoms with van der Waals surface area (Å²) in [5.41, 5.74) is 7.25. The third kappa shape index (κ3) is 2.05. The van der Waals surface area contributed by atoms with Crippen LogP contribution in [0.4, 0.5) is 14.5 Å². The van der Waals surface area contributed by atoms with Gasteiger partial charge in [-0.25, -0.2) is 13.8 Å². The Hall–Kier alpha value is -2.43. The highest BCUT2D eigenvalue weighted by Crippen LogP contribution is 2.33. The van der Waals surface area contributed by atoms with Gasteiger partial charge in [-0.05, 0) is 38.1 Å². The molecule has 1 aromatic heterocycles. The van der Waals surface area contributed by atoms with E-state index < -0.39 is 11.6 Å². The molecule has 0 spiro atoms. The van der Waals surface area contributed by atoms with Gasteiger partial charge in [0, 0.05) is 11.6 Å². The molecule has 2 aromatic carbocycles. The molecule has 0 saturated carbocycles. The van der Waals surface area contributed by atoms with Crippen LogP contribution < -0.4 is 5.73 Å². The lowest BCUT2D eigenvalue weighted by Crippen LogP contribution is -2.05. The summed E-state index contributed by atoms with van der Waals surface area (Å²) in [6.45, 7) is 3.93. The predicted octanol–water partition coefficient (Wildman–Crippen LogP) is 4.14. The third-order valence-corrected chi connectivity index (χ3v) is 3.48. The molecule has 3 rings (SSSR count). The number of benzene rings is 2. The summed E-state index contributed by atoms with van der Waals surface area (Å²) in [5, 5.41) is 0. The molecule has 0 atom stereocenters. The molecular weight excluding hydrogens is 272 g/mol.